The predicted molar refractivity (Wildman–Crippen MR) is 83.1 cm³/mol. The highest BCUT2D eigenvalue weighted by molar-refractivity contribution is 5.79. The molecule has 1 saturated carbocycles. The minimum atomic E-state index is -4.32. The van der Waals surface area contributed by atoms with E-state index in [4.69, 9.17) is 0 Å². The summed E-state index contributed by atoms with van der Waals surface area (Å²) in [5, 5.41) is 16.2. The molecule has 0 saturated heterocycles. The maximum Gasteiger partial charge on any atom is 0.416 e. The zero-order valence-electron chi connectivity index (χ0n) is 13.1. The molecule has 0 heterocycles. The lowest BCUT2D eigenvalue weighted by atomic mass is 9.80. The van der Waals surface area contributed by atoms with Gasteiger partial charge in [-0.1, -0.05) is 12.1 Å². The summed E-state index contributed by atoms with van der Waals surface area (Å²) in [5.41, 5.74) is -0.634. The molecule has 0 bridgehead atoms. The Morgan fingerprint density at radius 2 is 1.87 bits per heavy atom. The van der Waals surface area contributed by atoms with Crippen molar-refractivity contribution < 1.29 is 18.3 Å². The topological polar surface area (TPSA) is 56.7 Å². The summed E-state index contributed by atoms with van der Waals surface area (Å²) in [6.45, 7) is 3.28. The van der Waals surface area contributed by atoms with Gasteiger partial charge in [0.2, 0.25) is 0 Å². The van der Waals surface area contributed by atoms with Crippen LogP contribution in [0.25, 0.3) is 0 Å². The lowest BCUT2D eigenvalue weighted by Gasteiger charge is -2.37. The highest BCUT2D eigenvalue weighted by Crippen LogP contribution is 2.30. The average Bonchev–Trinajstić information content (AvgIpc) is 2.47. The number of aliphatic hydroxyl groups is 1. The Balaban J connectivity index is 1.93. The number of alkyl halides is 3. The van der Waals surface area contributed by atoms with Gasteiger partial charge in [0.15, 0.2) is 5.96 Å². The second-order valence-corrected chi connectivity index (χ2v) is 5.82. The molecule has 0 aliphatic heterocycles. The van der Waals surface area contributed by atoms with E-state index in [-0.39, 0.29) is 6.54 Å². The molecule has 1 aromatic rings. The van der Waals surface area contributed by atoms with Gasteiger partial charge in [0.25, 0.3) is 0 Å². The molecule has 4 nitrogen and oxygen atoms in total. The summed E-state index contributed by atoms with van der Waals surface area (Å²) in [6.07, 6.45) is -1.75. The highest BCUT2D eigenvalue weighted by atomic mass is 19.4. The maximum absolute atomic E-state index is 12.5. The van der Waals surface area contributed by atoms with Crippen LogP contribution in [0.1, 0.15) is 37.3 Å². The van der Waals surface area contributed by atoms with Crippen LogP contribution in [0.15, 0.2) is 29.3 Å². The fourth-order valence-electron chi connectivity index (χ4n) is 2.32. The molecule has 0 aromatic heterocycles. The van der Waals surface area contributed by atoms with Crippen molar-refractivity contribution in [3.05, 3.63) is 35.4 Å². The van der Waals surface area contributed by atoms with Gasteiger partial charge >= 0.3 is 6.18 Å². The van der Waals surface area contributed by atoms with Crippen molar-refractivity contribution in [2.45, 2.75) is 44.5 Å². The third-order valence-corrected chi connectivity index (χ3v) is 3.91. The first-order chi connectivity index (χ1) is 10.8. The Kier molecular flexibility index (Phi) is 5.51. The van der Waals surface area contributed by atoms with Crippen molar-refractivity contribution in [3.8, 4) is 0 Å². The molecular weight excluding hydrogens is 307 g/mol. The summed E-state index contributed by atoms with van der Waals surface area (Å²) in [7, 11) is 0. The van der Waals surface area contributed by atoms with E-state index < -0.39 is 17.3 Å². The maximum atomic E-state index is 12.5. The van der Waals surface area contributed by atoms with Gasteiger partial charge in [0, 0.05) is 13.1 Å². The van der Waals surface area contributed by atoms with E-state index in [0.717, 1.165) is 31.4 Å². The van der Waals surface area contributed by atoms with Crippen molar-refractivity contribution in [2.24, 2.45) is 4.99 Å². The van der Waals surface area contributed by atoms with E-state index in [1.54, 1.807) is 0 Å². The number of rotatable bonds is 5. The molecule has 2 rings (SSSR count). The zero-order chi connectivity index (χ0) is 16.9. The Labute approximate surface area is 133 Å². The smallest absolute Gasteiger partial charge is 0.388 e. The van der Waals surface area contributed by atoms with Crippen LogP contribution in [-0.2, 0) is 12.7 Å². The molecular formula is C16H22F3N3O. The molecule has 23 heavy (non-hydrogen) atoms. The average molecular weight is 329 g/mol. The second kappa shape index (κ2) is 7.21. The zero-order valence-corrected chi connectivity index (χ0v) is 13.1. The molecule has 0 radical (unpaired) electrons. The van der Waals surface area contributed by atoms with Crippen LogP contribution < -0.4 is 10.6 Å². The molecule has 0 unspecified atom stereocenters. The van der Waals surface area contributed by atoms with Gasteiger partial charge in [-0.25, -0.2) is 4.99 Å². The summed E-state index contributed by atoms with van der Waals surface area (Å²) < 4.78 is 37.5. The first-order valence-corrected chi connectivity index (χ1v) is 7.73. The van der Waals surface area contributed by atoms with Crippen LogP contribution in [0.5, 0.6) is 0 Å². The fraction of sp³-hybridized carbons (Fsp3) is 0.562. The molecule has 0 atom stereocenters. The number of hydrogen-bond donors (Lipinski definition) is 3. The molecule has 1 fully saturated rings. The molecule has 1 aliphatic rings. The standard InChI is InChI=1S/C16H22F3N3O/c1-2-20-14(22-11-15(23)8-3-9-15)21-10-12-4-6-13(7-5-12)16(17,18)19/h4-7,23H,2-3,8-11H2,1H3,(H2,20,21,22). The van der Waals surface area contributed by atoms with Gasteiger partial charge in [0.05, 0.1) is 17.7 Å². The van der Waals surface area contributed by atoms with Crippen molar-refractivity contribution in [1.29, 1.82) is 0 Å². The Hall–Kier alpha value is -1.76. The van der Waals surface area contributed by atoms with Crippen molar-refractivity contribution in [1.82, 2.24) is 10.6 Å². The van der Waals surface area contributed by atoms with Crippen LogP contribution >= 0.6 is 0 Å². The minimum absolute atomic E-state index is 0.270. The van der Waals surface area contributed by atoms with E-state index in [1.807, 2.05) is 6.92 Å². The van der Waals surface area contributed by atoms with Gasteiger partial charge in [-0.3, -0.25) is 0 Å². The second-order valence-electron chi connectivity index (χ2n) is 5.82. The van der Waals surface area contributed by atoms with Crippen molar-refractivity contribution in [2.75, 3.05) is 13.1 Å². The molecule has 1 aromatic carbocycles. The van der Waals surface area contributed by atoms with Crippen LogP contribution in [0.2, 0.25) is 0 Å². The number of nitrogens with zero attached hydrogens (tertiary/aromatic N) is 1. The Morgan fingerprint density at radius 1 is 1.22 bits per heavy atom. The lowest BCUT2D eigenvalue weighted by Crippen LogP contribution is -2.50. The van der Waals surface area contributed by atoms with Crippen molar-refractivity contribution in [3.63, 3.8) is 0 Å². The van der Waals surface area contributed by atoms with Crippen LogP contribution in [-0.4, -0.2) is 29.8 Å². The molecule has 128 valence electrons. The number of guanidine groups is 1. The predicted octanol–water partition coefficient (Wildman–Crippen LogP) is 2.68. The quantitative estimate of drug-likeness (QED) is 0.575. The van der Waals surface area contributed by atoms with E-state index >= 15 is 0 Å². The number of benzene rings is 1. The largest absolute Gasteiger partial charge is 0.416 e. The van der Waals surface area contributed by atoms with Gasteiger partial charge in [-0.15, -0.1) is 0 Å². The van der Waals surface area contributed by atoms with E-state index in [9.17, 15) is 18.3 Å². The number of aliphatic imine (C=N–C) groups is 1. The number of halogens is 3. The Bertz CT molecular complexity index is 536. The normalized spacial score (nSPS) is 17.5. The molecule has 7 heteroatoms. The molecule has 0 amide bonds. The first-order valence-electron chi connectivity index (χ1n) is 7.73. The SMILES string of the molecule is CCNC(=NCc1ccc(C(F)(F)F)cc1)NCC1(O)CCC1. The third-order valence-electron chi connectivity index (χ3n) is 3.91. The van der Waals surface area contributed by atoms with Gasteiger partial charge in [-0.2, -0.15) is 13.2 Å². The number of nitrogens with one attached hydrogen (secondary N) is 2. The third kappa shape index (κ3) is 5.13. The highest BCUT2D eigenvalue weighted by Gasteiger charge is 2.34. The lowest BCUT2D eigenvalue weighted by molar-refractivity contribution is -0.137. The van der Waals surface area contributed by atoms with Gasteiger partial charge in [-0.05, 0) is 43.9 Å². The number of hydrogen-bond acceptors (Lipinski definition) is 2. The van der Waals surface area contributed by atoms with Crippen molar-refractivity contribution >= 4 is 5.96 Å². The molecule has 0 spiro atoms. The van der Waals surface area contributed by atoms with Crippen LogP contribution in [0.3, 0.4) is 0 Å². The van der Waals surface area contributed by atoms with Gasteiger partial charge < -0.3 is 15.7 Å². The van der Waals surface area contributed by atoms with Crippen LogP contribution in [0, 0.1) is 0 Å². The molecule has 1 aliphatic carbocycles. The summed E-state index contributed by atoms with van der Waals surface area (Å²) in [5.74, 6) is 0.549. The summed E-state index contributed by atoms with van der Waals surface area (Å²) in [6, 6.07) is 4.97. The Morgan fingerprint density at radius 3 is 2.35 bits per heavy atom. The van der Waals surface area contributed by atoms with E-state index in [0.29, 0.717) is 24.6 Å². The summed E-state index contributed by atoms with van der Waals surface area (Å²) >= 11 is 0. The minimum Gasteiger partial charge on any atom is -0.388 e. The van der Waals surface area contributed by atoms with Crippen LogP contribution in [0.4, 0.5) is 13.2 Å². The van der Waals surface area contributed by atoms with Gasteiger partial charge in [0.1, 0.15) is 0 Å². The monoisotopic (exact) mass is 329 g/mol. The fourth-order valence-corrected chi connectivity index (χ4v) is 2.32. The molecule has 3 N–H and O–H groups in total. The van der Waals surface area contributed by atoms with E-state index in [2.05, 4.69) is 15.6 Å². The van der Waals surface area contributed by atoms with E-state index in [1.165, 1.54) is 12.1 Å². The summed E-state index contributed by atoms with van der Waals surface area (Å²) in [4.78, 5) is 4.34. The first kappa shape index (κ1) is 17.6.